The summed E-state index contributed by atoms with van der Waals surface area (Å²) in [5.41, 5.74) is 2.22. The molecule has 0 fully saturated rings. The molecular formula is C29H33N5O4. The first-order chi connectivity index (χ1) is 18.2. The fraction of sp³-hybridized carbons (Fsp3) is 0.310. The lowest BCUT2D eigenvalue weighted by molar-refractivity contribution is -0.143. The molecule has 4 aromatic rings. The molecule has 2 N–H and O–H groups in total. The third-order valence-corrected chi connectivity index (χ3v) is 6.67. The maximum absolute atomic E-state index is 14.0. The number of methoxy groups -OCH3 is 1. The van der Waals surface area contributed by atoms with Crippen molar-refractivity contribution in [3.8, 4) is 11.5 Å². The predicted octanol–water partition coefficient (Wildman–Crippen LogP) is 4.22. The average Bonchev–Trinajstić information content (AvgIpc) is 3.32. The summed E-state index contributed by atoms with van der Waals surface area (Å²) in [5, 5.41) is 21.3. The summed E-state index contributed by atoms with van der Waals surface area (Å²) in [7, 11) is 1.57. The second-order valence-corrected chi connectivity index (χ2v) is 9.79. The number of nitrogens with zero attached hydrogens (tertiary/aromatic N) is 4. The van der Waals surface area contributed by atoms with E-state index in [1.807, 2.05) is 69.3 Å². The molecule has 3 aromatic carbocycles. The number of aromatic nitrogens is 3. The van der Waals surface area contributed by atoms with Gasteiger partial charge in [0.2, 0.25) is 11.8 Å². The molecule has 0 bridgehead atoms. The number of phenolic OH excluding ortho intramolecular Hbond substituents is 1. The number of amides is 2. The molecule has 1 unspecified atom stereocenters. The lowest BCUT2D eigenvalue weighted by atomic mass is 9.98. The van der Waals surface area contributed by atoms with E-state index >= 15 is 0 Å². The Bertz CT molecular complexity index is 1410. The van der Waals surface area contributed by atoms with Crippen molar-refractivity contribution in [1.29, 1.82) is 0 Å². The molecule has 1 atom stereocenters. The van der Waals surface area contributed by atoms with Crippen LogP contribution >= 0.6 is 0 Å². The fourth-order valence-electron chi connectivity index (χ4n) is 4.21. The molecule has 1 aromatic heterocycles. The van der Waals surface area contributed by atoms with Gasteiger partial charge in [0.1, 0.15) is 29.6 Å². The van der Waals surface area contributed by atoms with Crippen molar-refractivity contribution in [3.05, 3.63) is 83.9 Å². The van der Waals surface area contributed by atoms with E-state index in [4.69, 9.17) is 4.74 Å². The van der Waals surface area contributed by atoms with Crippen LogP contribution in [0.1, 0.15) is 44.4 Å². The summed E-state index contributed by atoms with van der Waals surface area (Å²) < 4.78 is 7.09. The Balaban J connectivity index is 1.79. The highest BCUT2D eigenvalue weighted by molar-refractivity contribution is 5.89. The summed E-state index contributed by atoms with van der Waals surface area (Å²) in [5.74, 6) is 0.0251. The number of ether oxygens (including phenoxy) is 1. The number of nitrogens with one attached hydrogen (secondary N) is 1. The van der Waals surface area contributed by atoms with E-state index in [0.717, 1.165) is 11.1 Å². The summed E-state index contributed by atoms with van der Waals surface area (Å²) in [4.78, 5) is 29.5. The number of rotatable bonds is 10. The third-order valence-electron chi connectivity index (χ3n) is 6.67. The van der Waals surface area contributed by atoms with Crippen LogP contribution in [0.3, 0.4) is 0 Å². The average molecular weight is 516 g/mol. The summed E-state index contributed by atoms with van der Waals surface area (Å²) >= 11 is 0. The highest BCUT2D eigenvalue weighted by atomic mass is 16.5. The zero-order chi connectivity index (χ0) is 27.3. The van der Waals surface area contributed by atoms with E-state index in [-0.39, 0.29) is 30.7 Å². The molecular weight excluding hydrogens is 482 g/mol. The van der Waals surface area contributed by atoms with Gasteiger partial charge in [-0.2, -0.15) is 0 Å². The van der Waals surface area contributed by atoms with Gasteiger partial charge < -0.3 is 20.1 Å². The molecule has 9 heteroatoms. The Morgan fingerprint density at radius 2 is 1.74 bits per heavy atom. The lowest BCUT2D eigenvalue weighted by Crippen LogP contribution is -2.50. The first kappa shape index (κ1) is 26.7. The Kier molecular flexibility index (Phi) is 7.95. The van der Waals surface area contributed by atoms with Gasteiger partial charge in [0, 0.05) is 11.1 Å². The molecule has 4 rings (SSSR count). The van der Waals surface area contributed by atoms with Gasteiger partial charge in [-0.25, -0.2) is 4.68 Å². The monoisotopic (exact) mass is 515 g/mol. The third kappa shape index (κ3) is 5.94. The van der Waals surface area contributed by atoms with Gasteiger partial charge in [0.15, 0.2) is 0 Å². The molecule has 0 aliphatic heterocycles. The Morgan fingerprint density at radius 1 is 1.05 bits per heavy atom. The molecule has 0 aliphatic carbocycles. The number of aromatic hydroxyl groups is 1. The van der Waals surface area contributed by atoms with Gasteiger partial charge in [-0.15, -0.1) is 5.10 Å². The van der Waals surface area contributed by atoms with Crippen LogP contribution in [0.15, 0.2) is 72.8 Å². The summed E-state index contributed by atoms with van der Waals surface area (Å²) in [6, 6.07) is 20.2. The largest absolute Gasteiger partial charge is 0.508 e. The highest BCUT2D eigenvalue weighted by Crippen LogP contribution is 2.29. The van der Waals surface area contributed by atoms with Crippen molar-refractivity contribution in [3.63, 3.8) is 0 Å². The molecule has 0 radical (unpaired) electrons. The molecule has 198 valence electrons. The summed E-state index contributed by atoms with van der Waals surface area (Å²) in [6.45, 7) is 5.86. The van der Waals surface area contributed by atoms with Gasteiger partial charge in [0.25, 0.3) is 0 Å². The normalized spacial score (nSPS) is 12.2. The first-order valence-electron chi connectivity index (χ1n) is 12.5. The zero-order valence-electron chi connectivity index (χ0n) is 22.1. The summed E-state index contributed by atoms with van der Waals surface area (Å²) in [6.07, 6.45) is 0.701. The van der Waals surface area contributed by atoms with Crippen molar-refractivity contribution < 1.29 is 19.4 Å². The SMILES string of the molecule is CCC(C)(C)NC(=O)C(c1ccc(O)cc1)N(Cc1ccccc1OC)C(=O)Cn1nnc2ccccc21. The minimum atomic E-state index is -0.978. The Morgan fingerprint density at radius 3 is 2.45 bits per heavy atom. The lowest BCUT2D eigenvalue weighted by Gasteiger charge is -2.35. The van der Waals surface area contributed by atoms with Crippen molar-refractivity contribution in [2.24, 2.45) is 0 Å². The van der Waals surface area contributed by atoms with E-state index in [1.54, 1.807) is 19.2 Å². The van der Waals surface area contributed by atoms with E-state index in [1.165, 1.54) is 21.7 Å². The quantitative estimate of drug-likeness (QED) is 0.327. The minimum absolute atomic E-state index is 0.0680. The van der Waals surface area contributed by atoms with Crippen LogP contribution in [-0.4, -0.2) is 49.5 Å². The fourth-order valence-corrected chi connectivity index (χ4v) is 4.21. The van der Waals surface area contributed by atoms with Crippen LogP contribution in [0, 0.1) is 0 Å². The maximum Gasteiger partial charge on any atom is 0.247 e. The van der Waals surface area contributed by atoms with Crippen LogP contribution in [0.25, 0.3) is 11.0 Å². The number of para-hydroxylation sites is 2. The van der Waals surface area contributed by atoms with E-state index in [0.29, 0.717) is 23.3 Å². The van der Waals surface area contributed by atoms with Crippen LogP contribution in [0.2, 0.25) is 0 Å². The van der Waals surface area contributed by atoms with Crippen LogP contribution < -0.4 is 10.1 Å². The number of fused-ring (bicyclic) bond motifs is 1. The van der Waals surface area contributed by atoms with Gasteiger partial charge in [-0.05, 0) is 56.2 Å². The van der Waals surface area contributed by atoms with Crippen LogP contribution in [-0.2, 0) is 22.7 Å². The van der Waals surface area contributed by atoms with Crippen molar-refractivity contribution in [1.82, 2.24) is 25.2 Å². The first-order valence-corrected chi connectivity index (χ1v) is 12.5. The molecule has 2 amide bonds. The van der Waals surface area contributed by atoms with E-state index in [2.05, 4.69) is 15.6 Å². The van der Waals surface area contributed by atoms with Crippen molar-refractivity contribution >= 4 is 22.8 Å². The number of carbonyl (C=O) groups excluding carboxylic acids is 2. The van der Waals surface area contributed by atoms with Crippen molar-refractivity contribution in [2.75, 3.05) is 7.11 Å². The van der Waals surface area contributed by atoms with Crippen molar-refractivity contribution in [2.45, 2.75) is 51.9 Å². The number of carbonyl (C=O) groups is 2. The molecule has 1 heterocycles. The van der Waals surface area contributed by atoms with Crippen LogP contribution in [0.5, 0.6) is 11.5 Å². The smallest absolute Gasteiger partial charge is 0.247 e. The number of benzene rings is 3. The van der Waals surface area contributed by atoms with E-state index < -0.39 is 11.6 Å². The standard InChI is InChI=1S/C29H33N5O4/c1-5-29(2,3)30-28(37)27(20-14-16-22(35)17-15-20)33(18-21-10-6-9-13-25(21)38-4)26(36)19-34-24-12-8-7-11-23(24)31-32-34/h6-17,27,35H,5,18-19H2,1-4H3,(H,30,37). The Labute approximate surface area is 222 Å². The number of hydrogen-bond donors (Lipinski definition) is 2. The topological polar surface area (TPSA) is 110 Å². The minimum Gasteiger partial charge on any atom is -0.508 e. The second kappa shape index (κ2) is 11.3. The molecule has 0 spiro atoms. The van der Waals surface area contributed by atoms with Gasteiger partial charge in [0.05, 0.1) is 19.2 Å². The highest BCUT2D eigenvalue weighted by Gasteiger charge is 2.34. The van der Waals surface area contributed by atoms with Gasteiger partial charge >= 0.3 is 0 Å². The number of phenols is 1. The molecule has 38 heavy (non-hydrogen) atoms. The predicted molar refractivity (Wildman–Crippen MR) is 144 cm³/mol. The molecule has 0 saturated heterocycles. The van der Waals surface area contributed by atoms with Gasteiger partial charge in [-0.1, -0.05) is 54.6 Å². The van der Waals surface area contributed by atoms with Crippen LogP contribution in [0.4, 0.5) is 0 Å². The maximum atomic E-state index is 14.0. The Hall–Kier alpha value is -4.40. The molecule has 9 nitrogen and oxygen atoms in total. The number of hydrogen-bond acceptors (Lipinski definition) is 6. The van der Waals surface area contributed by atoms with Gasteiger partial charge in [-0.3, -0.25) is 9.59 Å². The molecule has 0 saturated carbocycles. The second-order valence-electron chi connectivity index (χ2n) is 9.79. The van der Waals surface area contributed by atoms with E-state index in [9.17, 15) is 14.7 Å². The molecule has 0 aliphatic rings. The zero-order valence-corrected chi connectivity index (χ0v) is 22.1.